The van der Waals surface area contributed by atoms with E-state index in [4.69, 9.17) is 16.9 Å². The Morgan fingerprint density at radius 2 is 2.11 bits per heavy atom. The van der Waals surface area contributed by atoms with Gasteiger partial charge in [0.25, 0.3) is 5.91 Å². The SMILES string of the molecule is CN(C)C(=O)c1ccc(Cl)cc1NC(=O)CC#N. The first-order valence-corrected chi connectivity index (χ1v) is 5.51. The third-order valence-electron chi connectivity index (χ3n) is 2.13. The molecule has 0 radical (unpaired) electrons. The Morgan fingerprint density at radius 1 is 1.44 bits per heavy atom. The van der Waals surface area contributed by atoms with E-state index < -0.39 is 5.91 Å². The van der Waals surface area contributed by atoms with Gasteiger partial charge in [-0.1, -0.05) is 11.6 Å². The quantitative estimate of drug-likeness (QED) is 0.907. The van der Waals surface area contributed by atoms with Crippen LogP contribution in [0.5, 0.6) is 0 Å². The summed E-state index contributed by atoms with van der Waals surface area (Å²) in [4.78, 5) is 24.6. The number of nitrogens with one attached hydrogen (secondary N) is 1. The molecule has 0 aliphatic heterocycles. The second-order valence-corrected chi connectivity index (χ2v) is 4.21. The molecule has 18 heavy (non-hydrogen) atoms. The van der Waals surface area contributed by atoms with Crippen LogP contribution >= 0.6 is 11.6 Å². The van der Waals surface area contributed by atoms with Crippen LogP contribution in [0, 0.1) is 11.3 Å². The Morgan fingerprint density at radius 3 is 2.67 bits per heavy atom. The Bertz CT molecular complexity index is 521. The minimum atomic E-state index is -0.479. The van der Waals surface area contributed by atoms with Gasteiger partial charge in [0.15, 0.2) is 0 Å². The Kier molecular flexibility index (Phi) is 4.69. The highest BCUT2D eigenvalue weighted by molar-refractivity contribution is 6.31. The van der Waals surface area contributed by atoms with Crippen molar-refractivity contribution < 1.29 is 9.59 Å². The van der Waals surface area contributed by atoms with Crippen molar-refractivity contribution >= 4 is 29.1 Å². The zero-order valence-corrected chi connectivity index (χ0v) is 10.8. The van der Waals surface area contributed by atoms with Crippen molar-refractivity contribution in [3.05, 3.63) is 28.8 Å². The van der Waals surface area contributed by atoms with E-state index in [9.17, 15) is 9.59 Å². The summed E-state index contributed by atoms with van der Waals surface area (Å²) >= 11 is 5.82. The van der Waals surface area contributed by atoms with E-state index >= 15 is 0 Å². The van der Waals surface area contributed by atoms with Crippen LogP contribution in [-0.4, -0.2) is 30.8 Å². The lowest BCUT2D eigenvalue weighted by atomic mass is 10.1. The summed E-state index contributed by atoms with van der Waals surface area (Å²) in [5.41, 5.74) is 0.636. The lowest BCUT2D eigenvalue weighted by Gasteiger charge is -2.14. The highest BCUT2D eigenvalue weighted by Crippen LogP contribution is 2.22. The molecule has 0 spiro atoms. The van der Waals surface area contributed by atoms with Gasteiger partial charge in [-0.2, -0.15) is 5.26 Å². The highest BCUT2D eigenvalue weighted by atomic mass is 35.5. The molecule has 6 heteroatoms. The lowest BCUT2D eigenvalue weighted by molar-refractivity contribution is -0.115. The van der Waals surface area contributed by atoms with Crippen LogP contribution in [0.25, 0.3) is 0 Å². The van der Waals surface area contributed by atoms with Crippen molar-refractivity contribution in [2.24, 2.45) is 0 Å². The molecule has 5 nitrogen and oxygen atoms in total. The Hall–Kier alpha value is -2.06. The number of rotatable bonds is 3. The first-order valence-electron chi connectivity index (χ1n) is 5.13. The smallest absolute Gasteiger partial charge is 0.255 e. The fourth-order valence-electron chi connectivity index (χ4n) is 1.31. The van der Waals surface area contributed by atoms with Crippen molar-refractivity contribution in [3.8, 4) is 6.07 Å². The van der Waals surface area contributed by atoms with Crippen molar-refractivity contribution in [2.75, 3.05) is 19.4 Å². The lowest BCUT2D eigenvalue weighted by Crippen LogP contribution is -2.24. The summed E-state index contributed by atoms with van der Waals surface area (Å²) in [5.74, 6) is -0.730. The summed E-state index contributed by atoms with van der Waals surface area (Å²) in [6.45, 7) is 0. The number of hydrogen-bond donors (Lipinski definition) is 1. The standard InChI is InChI=1S/C12H12ClN3O2/c1-16(2)12(18)9-4-3-8(13)7-10(9)15-11(17)5-6-14/h3-4,7H,5H2,1-2H3,(H,15,17). The van der Waals surface area contributed by atoms with Gasteiger partial charge in [-0.25, -0.2) is 0 Å². The third-order valence-corrected chi connectivity index (χ3v) is 2.37. The van der Waals surface area contributed by atoms with Crippen LogP contribution in [0.1, 0.15) is 16.8 Å². The van der Waals surface area contributed by atoms with E-state index in [0.29, 0.717) is 16.3 Å². The average Bonchev–Trinajstić information content (AvgIpc) is 2.28. The van der Waals surface area contributed by atoms with E-state index in [-0.39, 0.29) is 12.3 Å². The van der Waals surface area contributed by atoms with E-state index in [1.165, 1.54) is 17.0 Å². The van der Waals surface area contributed by atoms with Gasteiger partial charge in [0.1, 0.15) is 6.42 Å². The third kappa shape index (κ3) is 3.47. The summed E-state index contributed by atoms with van der Waals surface area (Å²) < 4.78 is 0. The molecule has 0 unspecified atom stereocenters. The second kappa shape index (κ2) is 6.03. The molecule has 0 heterocycles. The molecule has 0 aromatic heterocycles. The number of nitriles is 1. The first kappa shape index (κ1) is 14.0. The number of hydrogen-bond acceptors (Lipinski definition) is 3. The molecule has 1 N–H and O–H groups in total. The fraction of sp³-hybridized carbons (Fsp3) is 0.250. The molecule has 1 rings (SSSR count). The Balaban J connectivity index is 3.09. The number of nitrogens with zero attached hydrogens (tertiary/aromatic N) is 2. The van der Waals surface area contributed by atoms with Crippen molar-refractivity contribution in [1.29, 1.82) is 5.26 Å². The Labute approximate surface area is 110 Å². The topological polar surface area (TPSA) is 73.2 Å². The van der Waals surface area contributed by atoms with E-state index in [1.54, 1.807) is 26.2 Å². The van der Waals surface area contributed by atoms with Gasteiger partial charge in [0, 0.05) is 19.1 Å². The number of carbonyl (C=O) groups excluding carboxylic acids is 2. The molecule has 0 aliphatic rings. The van der Waals surface area contributed by atoms with Gasteiger partial charge in [0.05, 0.1) is 17.3 Å². The second-order valence-electron chi connectivity index (χ2n) is 3.77. The average molecular weight is 266 g/mol. The number of anilines is 1. The maximum Gasteiger partial charge on any atom is 0.255 e. The molecule has 0 bridgehead atoms. The molecule has 1 aromatic rings. The van der Waals surface area contributed by atoms with Crippen LogP contribution < -0.4 is 5.32 Å². The molecule has 0 saturated heterocycles. The van der Waals surface area contributed by atoms with Gasteiger partial charge in [0.2, 0.25) is 5.91 Å². The summed E-state index contributed by atoms with van der Waals surface area (Å²) in [5, 5.41) is 11.3. The number of benzene rings is 1. The van der Waals surface area contributed by atoms with Crippen LogP contribution in [-0.2, 0) is 4.79 Å². The van der Waals surface area contributed by atoms with Crippen LogP contribution in [0.15, 0.2) is 18.2 Å². The van der Waals surface area contributed by atoms with Crippen molar-refractivity contribution in [2.45, 2.75) is 6.42 Å². The fourth-order valence-corrected chi connectivity index (χ4v) is 1.49. The first-order chi connectivity index (χ1) is 8.45. The van der Waals surface area contributed by atoms with E-state index in [2.05, 4.69) is 5.32 Å². The summed E-state index contributed by atoms with van der Waals surface area (Å²) in [6, 6.07) is 6.32. The summed E-state index contributed by atoms with van der Waals surface area (Å²) in [7, 11) is 3.22. The number of amides is 2. The zero-order chi connectivity index (χ0) is 13.7. The summed E-state index contributed by atoms with van der Waals surface area (Å²) in [6.07, 6.45) is -0.276. The molecule has 94 valence electrons. The van der Waals surface area contributed by atoms with Crippen molar-refractivity contribution in [1.82, 2.24) is 4.90 Å². The van der Waals surface area contributed by atoms with Crippen molar-refractivity contribution in [3.63, 3.8) is 0 Å². The van der Waals surface area contributed by atoms with E-state index in [1.807, 2.05) is 0 Å². The largest absolute Gasteiger partial charge is 0.345 e. The minimum absolute atomic E-state index is 0.251. The molecular formula is C12H12ClN3O2. The highest BCUT2D eigenvalue weighted by Gasteiger charge is 2.15. The van der Waals surface area contributed by atoms with Crippen LogP contribution in [0.3, 0.4) is 0 Å². The molecule has 2 amide bonds. The molecule has 1 aromatic carbocycles. The maximum absolute atomic E-state index is 11.9. The van der Waals surface area contributed by atoms with Crippen LogP contribution in [0.4, 0.5) is 5.69 Å². The normalized spacial score (nSPS) is 9.44. The predicted molar refractivity (Wildman–Crippen MR) is 68.3 cm³/mol. The molecule has 0 saturated carbocycles. The number of halogens is 1. The molecule has 0 aliphatic carbocycles. The zero-order valence-electron chi connectivity index (χ0n) is 10.0. The van der Waals surface area contributed by atoms with Gasteiger partial charge in [-0.3, -0.25) is 9.59 Å². The molecule has 0 fully saturated rings. The van der Waals surface area contributed by atoms with Gasteiger partial charge in [-0.15, -0.1) is 0 Å². The maximum atomic E-state index is 11.9. The predicted octanol–water partition coefficient (Wildman–Crippen LogP) is 1.89. The van der Waals surface area contributed by atoms with Crippen LogP contribution in [0.2, 0.25) is 5.02 Å². The monoisotopic (exact) mass is 265 g/mol. The van der Waals surface area contributed by atoms with Gasteiger partial charge < -0.3 is 10.2 Å². The number of carbonyl (C=O) groups is 2. The van der Waals surface area contributed by atoms with Gasteiger partial charge in [-0.05, 0) is 18.2 Å². The molecular weight excluding hydrogens is 254 g/mol. The molecule has 0 atom stereocenters. The van der Waals surface area contributed by atoms with Gasteiger partial charge >= 0.3 is 0 Å². The van der Waals surface area contributed by atoms with E-state index in [0.717, 1.165) is 0 Å². The minimum Gasteiger partial charge on any atom is -0.345 e.